The van der Waals surface area contributed by atoms with Gasteiger partial charge in [0.1, 0.15) is 0 Å². The van der Waals surface area contributed by atoms with Gasteiger partial charge in [-0.15, -0.1) is 0 Å². The number of nitrogens with zero attached hydrogens (tertiary/aromatic N) is 1. The van der Waals surface area contributed by atoms with Gasteiger partial charge in [0.15, 0.2) is 17.5 Å². The summed E-state index contributed by atoms with van der Waals surface area (Å²) in [5.41, 5.74) is 5.92. The lowest BCUT2D eigenvalue weighted by molar-refractivity contribution is -0.0507. The third-order valence-corrected chi connectivity index (χ3v) is 3.68. The summed E-state index contributed by atoms with van der Waals surface area (Å²) in [6, 6.07) is 1.56. The third kappa shape index (κ3) is 2.97. The van der Waals surface area contributed by atoms with E-state index in [2.05, 4.69) is 4.90 Å². The van der Waals surface area contributed by atoms with Crippen molar-refractivity contribution >= 4 is 0 Å². The van der Waals surface area contributed by atoms with Crippen LogP contribution in [-0.2, 0) is 4.74 Å². The molecular weight excluding hydrogens is 269 g/mol. The highest BCUT2D eigenvalue weighted by Gasteiger charge is 2.30. The molecule has 3 nitrogen and oxygen atoms in total. The SMILES string of the molecule is CC(C)N1CCOC(C(N)c2ccc(F)c(F)c2F)C1. The molecule has 1 heterocycles. The maximum absolute atomic E-state index is 13.8. The Morgan fingerprint density at radius 1 is 1.25 bits per heavy atom. The molecule has 0 amide bonds. The average molecular weight is 288 g/mol. The van der Waals surface area contributed by atoms with Crippen molar-refractivity contribution in [3.8, 4) is 0 Å². The molecule has 1 aromatic rings. The summed E-state index contributed by atoms with van der Waals surface area (Å²) in [7, 11) is 0. The van der Waals surface area contributed by atoms with Crippen molar-refractivity contribution in [3.63, 3.8) is 0 Å². The van der Waals surface area contributed by atoms with E-state index >= 15 is 0 Å². The fourth-order valence-electron chi connectivity index (χ4n) is 2.38. The first-order valence-electron chi connectivity index (χ1n) is 6.66. The van der Waals surface area contributed by atoms with Gasteiger partial charge in [0.25, 0.3) is 0 Å². The van der Waals surface area contributed by atoms with Gasteiger partial charge < -0.3 is 10.5 Å². The summed E-state index contributed by atoms with van der Waals surface area (Å²) in [4.78, 5) is 2.16. The van der Waals surface area contributed by atoms with Crippen molar-refractivity contribution in [2.24, 2.45) is 5.73 Å². The number of morpholine rings is 1. The Hall–Kier alpha value is -1.11. The van der Waals surface area contributed by atoms with Gasteiger partial charge in [-0.25, -0.2) is 13.2 Å². The summed E-state index contributed by atoms with van der Waals surface area (Å²) < 4.78 is 45.5. The van der Waals surface area contributed by atoms with Crippen LogP contribution in [0.3, 0.4) is 0 Å². The largest absolute Gasteiger partial charge is 0.374 e. The smallest absolute Gasteiger partial charge is 0.194 e. The van der Waals surface area contributed by atoms with E-state index < -0.39 is 29.6 Å². The predicted molar refractivity (Wildman–Crippen MR) is 69.7 cm³/mol. The zero-order chi connectivity index (χ0) is 14.9. The monoisotopic (exact) mass is 288 g/mol. The van der Waals surface area contributed by atoms with E-state index in [9.17, 15) is 13.2 Å². The summed E-state index contributed by atoms with van der Waals surface area (Å²) >= 11 is 0. The summed E-state index contributed by atoms with van der Waals surface area (Å²) in [6.07, 6.45) is -0.439. The average Bonchev–Trinajstić information content (AvgIpc) is 2.44. The molecular formula is C14H19F3N2O. The normalized spacial score (nSPS) is 22.2. The van der Waals surface area contributed by atoms with E-state index in [4.69, 9.17) is 10.5 Å². The van der Waals surface area contributed by atoms with Crippen LogP contribution in [0.5, 0.6) is 0 Å². The van der Waals surface area contributed by atoms with Gasteiger partial charge in [0.2, 0.25) is 0 Å². The Balaban J connectivity index is 2.19. The second-order valence-electron chi connectivity index (χ2n) is 5.29. The number of nitrogens with two attached hydrogens (primary N) is 1. The zero-order valence-corrected chi connectivity index (χ0v) is 11.6. The standard InChI is InChI=1S/C14H19F3N2O/c1-8(2)19-5-6-20-11(7-19)14(18)9-3-4-10(15)13(17)12(9)16/h3-4,8,11,14H,5-7,18H2,1-2H3. The van der Waals surface area contributed by atoms with Gasteiger partial charge in [-0.2, -0.15) is 0 Å². The Morgan fingerprint density at radius 3 is 2.60 bits per heavy atom. The van der Waals surface area contributed by atoms with Crippen LogP contribution in [-0.4, -0.2) is 36.7 Å². The van der Waals surface area contributed by atoms with Crippen LogP contribution < -0.4 is 5.73 Å². The molecule has 0 bridgehead atoms. The molecule has 0 radical (unpaired) electrons. The van der Waals surface area contributed by atoms with Crippen LogP contribution >= 0.6 is 0 Å². The van der Waals surface area contributed by atoms with Crippen molar-refractivity contribution in [2.45, 2.75) is 32.0 Å². The van der Waals surface area contributed by atoms with Crippen molar-refractivity contribution in [1.29, 1.82) is 0 Å². The second kappa shape index (κ2) is 6.11. The Labute approximate surface area is 116 Å². The number of ether oxygens (including phenoxy) is 1. The van der Waals surface area contributed by atoms with Gasteiger partial charge in [0.05, 0.1) is 18.8 Å². The molecule has 0 saturated carbocycles. The highest BCUT2D eigenvalue weighted by molar-refractivity contribution is 5.24. The lowest BCUT2D eigenvalue weighted by atomic mass is 9.99. The molecule has 1 aliphatic rings. The topological polar surface area (TPSA) is 38.5 Å². The number of halogens is 3. The molecule has 0 aromatic heterocycles. The van der Waals surface area contributed by atoms with Gasteiger partial charge in [-0.05, 0) is 19.9 Å². The highest BCUT2D eigenvalue weighted by Crippen LogP contribution is 2.25. The first-order valence-corrected chi connectivity index (χ1v) is 6.66. The molecule has 2 rings (SSSR count). The minimum absolute atomic E-state index is 0.0560. The molecule has 6 heteroatoms. The fraction of sp³-hybridized carbons (Fsp3) is 0.571. The molecule has 0 spiro atoms. The second-order valence-corrected chi connectivity index (χ2v) is 5.29. The van der Waals surface area contributed by atoms with Gasteiger partial charge in [0, 0.05) is 24.7 Å². The lowest BCUT2D eigenvalue weighted by Gasteiger charge is -2.38. The van der Waals surface area contributed by atoms with Gasteiger partial charge in [-0.1, -0.05) is 6.07 Å². The Morgan fingerprint density at radius 2 is 1.95 bits per heavy atom. The molecule has 1 fully saturated rings. The molecule has 20 heavy (non-hydrogen) atoms. The minimum Gasteiger partial charge on any atom is -0.374 e. The van der Waals surface area contributed by atoms with E-state index in [0.717, 1.165) is 12.6 Å². The lowest BCUT2D eigenvalue weighted by Crippen LogP contribution is -2.49. The Bertz CT molecular complexity index is 482. The van der Waals surface area contributed by atoms with Crippen molar-refractivity contribution in [1.82, 2.24) is 4.90 Å². The number of rotatable bonds is 3. The zero-order valence-electron chi connectivity index (χ0n) is 11.6. The molecule has 1 saturated heterocycles. The highest BCUT2D eigenvalue weighted by atomic mass is 19.2. The number of benzene rings is 1. The molecule has 112 valence electrons. The van der Waals surface area contributed by atoms with E-state index in [1.807, 2.05) is 13.8 Å². The summed E-state index contributed by atoms with van der Waals surface area (Å²) in [5, 5.41) is 0. The van der Waals surface area contributed by atoms with Crippen LogP contribution in [0.1, 0.15) is 25.5 Å². The van der Waals surface area contributed by atoms with Crippen molar-refractivity contribution < 1.29 is 17.9 Å². The van der Waals surface area contributed by atoms with Crippen LogP contribution in [0.25, 0.3) is 0 Å². The van der Waals surface area contributed by atoms with Gasteiger partial charge in [-0.3, -0.25) is 4.90 Å². The van der Waals surface area contributed by atoms with Crippen LogP contribution in [0.2, 0.25) is 0 Å². The van der Waals surface area contributed by atoms with E-state index in [0.29, 0.717) is 19.2 Å². The Kier molecular flexibility index (Phi) is 4.67. The first-order chi connectivity index (χ1) is 9.41. The molecule has 0 aliphatic carbocycles. The number of hydrogen-bond donors (Lipinski definition) is 1. The summed E-state index contributed by atoms with van der Waals surface area (Å²) in [6.45, 7) is 5.90. The molecule has 2 unspecified atom stereocenters. The summed E-state index contributed by atoms with van der Waals surface area (Å²) in [5.74, 6) is -3.94. The van der Waals surface area contributed by atoms with Gasteiger partial charge >= 0.3 is 0 Å². The molecule has 1 aliphatic heterocycles. The molecule has 2 atom stereocenters. The van der Waals surface area contributed by atoms with E-state index in [1.54, 1.807) is 0 Å². The quantitative estimate of drug-likeness (QED) is 0.867. The van der Waals surface area contributed by atoms with E-state index in [-0.39, 0.29) is 5.56 Å². The molecule has 2 N–H and O–H groups in total. The van der Waals surface area contributed by atoms with Crippen LogP contribution in [0, 0.1) is 17.5 Å². The van der Waals surface area contributed by atoms with Crippen molar-refractivity contribution in [3.05, 3.63) is 35.1 Å². The van der Waals surface area contributed by atoms with Crippen LogP contribution in [0.15, 0.2) is 12.1 Å². The van der Waals surface area contributed by atoms with E-state index in [1.165, 1.54) is 6.07 Å². The predicted octanol–water partition coefficient (Wildman–Crippen LogP) is 2.21. The maximum Gasteiger partial charge on any atom is 0.194 e. The van der Waals surface area contributed by atoms with Crippen LogP contribution in [0.4, 0.5) is 13.2 Å². The first kappa shape index (κ1) is 15.3. The van der Waals surface area contributed by atoms with Crippen molar-refractivity contribution in [2.75, 3.05) is 19.7 Å². The third-order valence-electron chi connectivity index (χ3n) is 3.68. The maximum atomic E-state index is 13.8. The molecule has 1 aromatic carbocycles. The minimum atomic E-state index is -1.49. The fourth-order valence-corrected chi connectivity index (χ4v) is 2.38. The number of hydrogen-bond acceptors (Lipinski definition) is 3.